The molecule has 3 atom stereocenters. The van der Waals surface area contributed by atoms with Crippen molar-refractivity contribution in [2.24, 2.45) is 0 Å². The molecule has 0 aromatic carbocycles. The molecule has 0 spiro atoms. The molecule has 0 aromatic rings. The molecule has 0 bridgehead atoms. The van der Waals surface area contributed by atoms with Gasteiger partial charge in [-0.25, -0.2) is 0 Å². The molecule has 11 heavy (non-hydrogen) atoms. The van der Waals surface area contributed by atoms with E-state index in [1.807, 2.05) is 0 Å². The van der Waals surface area contributed by atoms with Gasteiger partial charge >= 0.3 is 0 Å². The first kappa shape index (κ1) is 11.0. The van der Waals surface area contributed by atoms with Crippen molar-refractivity contribution >= 4 is 20.4 Å². The van der Waals surface area contributed by atoms with Gasteiger partial charge in [0.1, 0.15) is 6.10 Å². The van der Waals surface area contributed by atoms with Crippen LogP contribution in [0.3, 0.4) is 0 Å². The second kappa shape index (κ2) is 3.60. The standard InChI is InChI=1S/C3H10O6SSi/c4-1(3(6)11)2(5)10(7,8)9/h1-6H,11H3,(H,7,8,9). The van der Waals surface area contributed by atoms with E-state index >= 15 is 0 Å². The summed E-state index contributed by atoms with van der Waals surface area (Å²) in [4.78, 5) is 0. The molecular formula is C3H10O6SSi. The van der Waals surface area contributed by atoms with Crippen LogP contribution < -0.4 is 0 Å². The van der Waals surface area contributed by atoms with E-state index in [-0.39, 0.29) is 10.2 Å². The van der Waals surface area contributed by atoms with Crippen molar-refractivity contribution < 1.29 is 28.3 Å². The maximum absolute atomic E-state index is 10.1. The molecule has 0 aromatic heterocycles. The van der Waals surface area contributed by atoms with Crippen LogP contribution in [-0.2, 0) is 10.1 Å². The van der Waals surface area contributed by atoms with Crippen LogP contribution in [0.25, 0.3) is 0 Å². The summed E-state index contributed by atoms with van der Waals surface area (Å²) in [7, 11) is -4.57. The van der Waals surface area contributed by atoms with Crippen LogP contribution in [-0.4, -0.2) is 55.8 Å². The van der Waals surface area contributed by atoms with Gasteiger partial charge in [0.15, 0.2) is 0 Å². The van der Waals surface area contributed by atoms with Crippen LogP contribution in [0.2, 0.25) is 0 Å². The van der Waals surface area contributed by atoms with E-state index in [1.165, 1.54) is 0 Å². The Balaban J connectivity index is 4.38. The van der Waals surface area contributed by atoms with Gasteiger partial charge in [0.2, 0.25) is 5.44 Å². The van der Waals surface area contributed by atoms with Gasteiger partial charge in [0.25, 0.3) is 10.1 Å². The number of hydrogen-bond donors (Lipinski definition) is 4. The van der Waals surface area contributed by atoms with Crippen molar-refractivity contribution in [3.05, 3.63) is 0 Å². The van der Waals surface area contributed by atoms with Crippen LogP contribution in [0.5, 0.6) is 0 Å². The number of rotatable bonds is 3. The van der Waals surface area contributed by atoms with Crippen LogP contribution in [0.4, 0.5) is 0 Å². The van der Waals surface area contributed by atoms with E-state index in [9.17, 15) is 8.42 Å². The lowest BCUT2D eigenvalue weighted by Gasteiger charge is -2.16. The molecule has 0 fully saturated rings. The molecule has 0 aliphatic heterocycles. The van der Waals surface area contributed by atoms with Crippen LogP contribution in [0.15, 0.2) is 0 Å². The zero-order valence-electron chi connectivity index (χ0n) is 5.75. The van der Waals surface area contributed by atoms with E-state index in [0.29, 0.717) is 0 Å². The topological polar surface area (TPSA) is 115 Å². The Hall–Kier alpha value is 0.00688. The zero-order chi connectivity index (χ0) is 9.23. The molecular weight excluding hydrogens is 192 g/mol. The molecule has 0 amide bonds. The van der Waals surface area contributed by atoms with E-state index < -0.39 is 27.4 Å². The number of aliphatic hydroxyl groups excluding tert-OH is 3. The van der Waals surface area contributed by atoms with Crippen LogP contribution in [0.1, 0.15) is 0 Å². The highest BCUT2D eigenvalue weighted by atomic mass is 32.2. The highest BCUT2D eigenvalue weighted by Crippen LogP contribution is 2.03. The second-order valence-corrected chi connectivity index (χ2v) is 4.83. The smallest absolute Gasteiger partial charge is 0.294 e. The van der Waals surface area contributed by atoms with Crippen molar-refractivity contribution in [1.29, 1.82) is 0 Å². The first-order valence-electron chi connectivity index (χ1n) is 2.77. The predicted molar refractivity (Wildman–Crippen MR) is 39.5 cm³/mol. The van der Waals surface area contributed by atoms with Gasteiger partial charge in [-0.15, -0.1) is 0 Å². The SMILES string of the molecule is O=S(=O)(O)C(O)C(O)C(O)[SiH3]. The molecule has 0 saturated heterocycles. The molecule has 0 aliphatic carbocycles. The summed E-state index contributed by atoms with van der Waals surface area (Å²) in [5.74, 6) is 0. The van der Waals surface area contributed by atoms with Crippen LogP contribution >= 0.6 is 0 Å². The number of aliphatic hydroxyl groups is 3. The largest absolute Gasteiger partial charge is 0.395 e. The fraction of sp³-hybridized carbons (Fsp3) is 1.00. The minimum absolute atomic E-state index is 0.104. The van der Waals surface area contributed by atoms with Gasteiger partial charge in [-0.05, 0) is 0 Å². The normalized spacial score (nSPS) is 21.1. The lowest BCUT2D eigenvalue weighted by molar-refractivity contribution is 0.00251. The maximum Gasteiger partial charge on any atom is 0.294 e. The summed E-state index contributed by atoms with van der Waals surface area (Å²) in [5.41, 5.74) is -3.61. The minimum Gasteiger partial charge on any atom is -0.395 e. The third kappa shape index (κ3) is 3.27. The molecule has 68 valence electrons. The highest BCUT2D eigenvalue weighted by Gasteiger charge is 2.31. The van der Waals surface area contributed by atoms with Crippen molar-refractivity contribution in [2.75, 3.05) is 0 Å². The molecule has 6 nitrogen and oxygen atoms in total. The third-order valence-corrected chi connectivity index (χ3v) is 2.66. The summed E-state index contributed by atoms with van der Waals surface area (Å²) >= 11 is 0. The van der Waals surface area contributed by atoms with E-state index in [2.05, 4.69) is 0 Å². The van der Waals surface area contributed by atoms with Crippen molar-refractivity contribution in [1.82, 2.24) is 0 Å². The second-order valence-electron chi connectivity index (χ2n) is 2.14. The summed E-state index contributed by atoms with van der Waals surface area (Å²) in [5, 5.41) is 26.0. The van der Waals surface area contributed by atoms with Gasteiger partial charge < -0.3 is 15.3 Å². The van der Waals surface area contributed by atoms with Crippen LogP contribution in [0, 0.1) is 0 Å². The first-order chi connectivity index (χ1) is 4.76. The van der Waals surface area contributed by atoms with E-state index in [1.54, 1.807) is 0 Å². The summed E-state index contributed by atoms with van der Waals surface area (Å²) < 4.78 is 28.4. The average Bonchev–Trinajstić information content (AvgIpc) is 1.82. The Bertz CT molecular complexity index is 210. The van der Waals surface area contributed by atoms with E-state index in [4.69, 9.17) is 19.9 Å². The Morgan fingerprint density at radius 3 is 1.64 bits per heavy atom. The average molecular weight is 202 g/mol. The fourth-order valence-corrected chi connectivity index (χ4v) is 1.64. The molecule has 3 unspecified atom stereocenters. The van der Waals surface area contributed by atoms with Gasteiger partial charge in [0, 0.05) is 10.2 Å². The molecule has 0 saturated carbocycles. The lowest BCUT2D eigenvalue weighted by atomic mass is 10.4. The predicted octanol–water partition coefficient (Wildman–Crippen LogP) is -3.76. The highest BCUT2D eigenvalue weighted by molar-refractivity contribution is 7.86. The molecule has 8 heteroatoms. The Labute approximate surface area is 66.7 Å². The monoisotopic (exact) mass is 202 g/mol. The summed E-state index contributed by atoms with van der Waals surface area (Å²) in [6, 6.07) is 0. The molecule has 0 rings (SSSR count). The summed E-state index contributed by atoms with van der Waals surface area (Å²) in [6.07, 6.45) is -1.84. The number of hydrogen-bond acceptors (Lipinski definition) is 5. The Kier molecular flexibility index (Phi) is 3.61. The van der Waals surface area contributed by atoms with Gasteiger partial charge in [0.05, 0.1) is 5.73 Å². The zero-order valence-corrected chi connectivity index (χ0v) is 8.56. The van der Waals surface area contributed by atoms with Gasteiger partial charge in [-0.1, -0.05) is 0 Å². The van der Waals surface area contributed by atoms with Gasteiger partial charge in [-0.3, -0.25) is 4.55 Å². The first-order valence-corrected chi connectivity index (χ1v) is 5.43. The lowest BCUT2D eigenvalue weighted by Crippen LogP contribution is -2.42. The quantitative estimate of drug-likeness (QED) is 0.276. The summed E-state index contributed by atoms with van der Waals surface area (Å²) in [6.45, 7) is 0. The Morgan fingerprint density at radius 2 is 1.55 bits per heavy atom. The van der Waals surface area contributed by atoms with Gasteiger partial charge in [-0.2, -0.15) is 8.42 Å². The van der Waals surface area contributed by atoms with Crippen molar-refractivity contribution in [3.63, 3.8) is 0 Å². The fourth-order valence-electron chi connectivity index (χ4n) is 0.414. The third-order valence-electron chi connectivity index (χ3n) is 1.09. The maximum atomic E-state index is 10.1. The molecule has 0 radical (unpaired) electrons. The van der Waals surface area contributed by atoms with Crippen molar-refractivity contribution in [3.8, 4) is 0 Å². The van der Waals surface area contributed by atoms with Crippen molar-refractivity contribution in [2.45, 2.75) is 17.3 Å². The minimum atomic E-state index is -4.68. The molecule has 0 aliphatic rings. The van der Waals surface area contributed by atoms with E-state index in [0.717, 1.165) is 0 Å². The molecule has 0 heterocycles. The Morgan fingerprint density at radius 1 is 1.18 bits per heavy atom. The molecule has 4 N–H and O–H groups in total.